The number of fused-ring (bicyclic) bond motifs is 1. The van der Waals surface area contributed by atoms with E-state index in [2.05, 4.69) is 19.2 Å². The summed E-state index contributed by atoms with van der Waals surface area (Å²) in [6.45, 7) is 6.31. The molecule has 3 atom stereocenters. The van der Waals surface area contributed by atoms with Crippen LogP contribution in [0, 0.1) is 11.3 Å². The van der Waals surface area contributed by atoms with Gasteiger partial charge < -0.3 is 15.8 Å². The number of hydrogen-bond donors (Lipinski definition) is 2. The van der Waals surface area contributed by atoms with E-state index in [0.717, 1.165) is 19.4 Å². The van der Waals surface area contributed by atoms with Crippen LogP contribution in [0.2, 0.25) is 0 Å². The van der Waals surface area contributed by atoms with Crippen molar-refractivity contribution < 1.29 is 17.9 Å². The number of hydrogen-bond acceptors (Lipinski definition) is 3. The molecule has 6 heteroatoms. The van der Waals surface area contributed by atoms with Crippen LogP contribution in [0.15, 0.2) is 0 Å². The van der Waals surface area contributed by atoms with Gasteiger partial charge in [0, 0.05) is 36.4 Å². The number of unbranched alkanes of at least 4 members (excludes halogenated alkanes) is 1. The first kappa shape index (κ1) is 17.0. The Kier molecular flexibility index (Phi) is 4.90. The topological polar surface area (TPSA) is 47.3 Å². The highest BCUT2D eigenvalue weighted by atomic mass is 19.4. The van der Waals surface area contributed by atoms with Gasteiger partial charge in [-0.3, -0.25) is 0 Å². The highest BCUT2D eigenvalue weighted by Gasteiger charge is 2.65. The average molecular weight is 308 g/mol. The fourth-order valence-electron chi connectivity index (χ4n) is 3.90. The highest BCUT2D eigenvalue weighted by Crippen LogP contribution is 2.56. The molecule has 2 aliphatic rings. The van der Waals surface area contributed by atoms with Crippen molar-refractivity contribution in [3.05, 3.63) is 0 Å². The van der Waals surface area contributed by atoms with E-state index in [1.54, 1.807) is 0 Å². The van der Waals surface area contributed by atoms with Crippen LogP contribution >= 0.6 is 0 Å². The van der Waals surface area contributed by atoms with Crippen molar-refractivity contribution in [3.63, 3.8) is 0 Å². The normalized spacial score (nSPS) is 35.1. The van der Waals surface area contributed by atoms with Crippen LogP contribution in [0.25, 0.3) is 0 Å². The predicted octanol–water partition coefficient (Wildman–Crippen LogP) is 2.84. The molecule has 2 rings (SSSR count). The molecule has 1 heterocycles. The SMILES string of the molecule is CC1(C)C2OCCCC2C1(N)CNCCCCC(F)(F)F. The molecular formula is C15H27F3N2O. The first-order valence-electron chi connectivity index (χ1n) is 7.86. The number of nitrogens with two attached hydrogens (primary N) is 1. The van der Waals surface area contributed by atoms with Gasteiger partial charge in [-0.25, -0.2) is 0 Å². The fourth-order valence-corrected chi connectivity index (χ4v) is 3.90. The lowest BCUT2D eigenvalue weighted by Gasteiger charge is -2.66. The van der Waals surface area contributed by atoms with Crippen molar-refractivity contribution in [1.29, 1.82) is 0 Å². The highest BCUT2D eigenvalue weighted by molar-refractivity contribution is 5.20. The molecular weight excluding hydrogens is 281 g/mol. The number of ether oxygens (including phenoxy) is 1. The van der Waals surface area contributed by atoms with Gasteiger partial charge in [0.15, 0.2) is 0 Å². The summed E-state index contributed by atoms with van der Waals surface area (Å²) in [5, 5.41) is 3.25. The molecule has 21 heavy (non-hydrogen) atoms. The number of nitrogens with one attached hydrogen (secondary N) is 1. The quantitative estimate of drug-likeness (QED) is 0.742. The van der Waals surface area contributed by atoms with Gasteiger partial charge in [0.25, 0.3) is 0 Å². The van der Waals surface area contributed by atoms with Crippen molar-refractivity contribution in [3.8, 4) is 0 Å². The van der Waals surface area contributed by atoms with Crippen LogP contribution in [0.1, 0.15) is 46.0 Å². The largest absolute Gasteiger partial charge is 0.389 e. The second-order valence-electron chi connectivity index (χ2n) is 7.05. The van der Waals surface area contributed by atoms with Crippen LogP contribution in [0.3, 0.4) is 0 Å². The van der Waals surface area contributed by atoms with Gasteiger partial charge in [-0.2, -0.15) is 13.2 Å². The first-order chi connectivity index (χ1) is 9.68. The Bertz CT molecular complexity index is 359. The molecule has 0 radical (unpaired) electrons. The fraction of sp³-hybridized carbons (Fsp3) is 1.00. The van der Waals surface area contributed by atoms with Crippen molar-refractivity contribution in [2.75, 3.05) is 19.7 Å². The smallest absolute Gasteiger partial charge is 0.377 e. The van der Waals surface area contributed by atoms with Crippen molar-refractivity contribution in [2.24, 2.45) is 17.1 Å². The van der Waals surface area contributed by atoms with Crippen LogP contribution in [-0.2, 0) is 4.74 Å². The average Bonchev–Trinajstić information content (AvgIpc) is 2.41. The van der Waals surface area contributed by atoms with Crippen molar-refractivity contribution >= 4 is 0 Å². The van der Waals surface area contributed by atoms with Gasteiger partial charge in [-0.05, 0) is 32.2 Å². The lowest BCUT2D eigenvalue weighted by atomic mass is 9.46. The zero-order valence-corrected chi connectivity index (χ0v) is 12.9. The summed E-state index contributed by atoms with van der Waals surface area (Å²) in [5.41, 5.74) is 6.19. The Hall–Kier alpha value is -0.330. The molecule has 3 N–H and O–H groups in total. The third kappa shape index (κ3) is 3.37. The van der Waals surface area contributed by atoms with E-state index in [9.17, 15) is 13.2 Å². The van der Waals surface area contributed by atoms with E-state index >= 15 is 0 Å². The maximum absolute atomic E-state index is 12.1. The summed E-state index contributed by atoms with van der Waals surface area (Å²) < 4.78 is 42.0. The van der Waals surface area contributed by atoms with Crippen LogP contribution in [-0.4, -0.2) is 37.5 Å². The molecule has 1 aliphatic carbocycles. The van der Waals surface area contributed by atoms with Gasteiger partial charge in [-0.15, -0.1) is 0 Å². The molecule has 3 unspecified atom stereocenters. The predicted molar refractivity (Wildman–Crippen MR) is 75.9 cm³/mol. The lowest BCUT2D eigenvalue weighted by molar-refractivity contribution is -0.225. The Balaban J connectivity index is 1.72. The second-order valence-corrected chi connectivity index (χ2v) is 7.05. The lowest BCUT2D eigenvalue weighted by Crippen LogP contribution is -2.80. The summed E-state index contributed by atoms with van der Waals surface area (Å²) in [5.74, 6) is 0.365. The summed E-state index contributed by atoms with van der Waals surface area (Å²) >= 11 is 0. The molecule has 3 nitrogen and oxygen atoms in total. The summed E-state index contributed by atoms with van der Waals surface area (Å²) in [4.78, 5) is 0. The van der Waals surface area contributed by atoms with Gasteiger partial charge in [-0.1, -0.05) is 13.8 Å². The molecule has 0 aromatic carbocycles. The van der Waals surface area contributed by atoms with E-state index in [-0.39, 0.29) is 23.5 Å². The summed E-state index contributed by atoms with van der Waals surface area (Å²) in [6, 6.07) is 0. The van der Waals surface area contributed by atoms with Gasteiger partial charge in [0.05, 0.1) is 6.10 Å². The number of rotatable bonds is 6. The molecule has 0 aromatic rings. The monoisotopic (exact) mass is 308 g/mol. The number of halogens is 3. The standard InChI is InChI=1S/C15H27F3N2O/c1-13(2)12-11(6-5-9-21-12)14(13,19)10-20-8-4-3-7-15(16,17)18/h11-12,20H,3-10,19H2,1-2H3. The minimum atomic E-state index is -4.04. The zero-order chi connectivity index (χ0) is 15.7. The Morgan fingerprint density at radius 1 is 1.29 bits per heavy atom. The first-order valence-corrected chi connectivity index (χ1v) is 7.86. The molecule has 0 spiro atoms. The van der Waals surface area contributed by atoms with Crippen molar-refractivity contribution in [1.82, 2.24) is 5.32 Å². The van der Waals surface area contributed by atoms with Crippen LogP contribution in [0.5, 0.6) is 0 Å². The third-order valence-corrected chi connectivity index (χ3v) is 5.38. The van der Waals surface area contributed by atoms with Gasteiger partial charge >= 0.3 is 6.18 Å². The van der Waals surface area contributed by atoms with Crippen molar-refractivity contribution in [2.45, 2.75) is 63.8 Å². The minimum Gasteiger partial charge on any atom is -0.377 e. The molecule has 1 aliphatic heterocycles. The molecule has 1 saturated heterocycles. The van der Waals surface area contributed by atoms with Crippen LogP contribution in [0.4, 0.5) is 13.2 Å². The summed E-state index contributed by atoms with van der Waals surface area (Å²) in [6.07, 6.45) is -1.69. The molecule has 0 amide bonds. The molecule has 1 saturated carbocycles. The maximum atomic E-state index is 12.1. The van der Waals surface area contributed by atoms with E-state index < -0.39 is 12.6 Å². The van der Waals surface area contributed by atoms with E-state index in [1.165, 1.54) is 0 Å². The third-order valence-electron chi connectivity index (χ3n) is 5.38. The number of alkyl halides is 3. The molecule has 0 aromatic heterocycles. The van der Waals surface area contributed by atoms with Crippen LogP contribution < -0.4 is 11.1 Å². The maximum Gasteiger partial charge on any atom is 0.389 e. The Morgan fingerprint density at radius 2 is 2.00 bits per heavy atom. The van der Waals surface area contributed by atoms with E-state index in [0.29, 0.717) is 25.4 Å². The second kappa shape index (κ2) is 6.05. The Labute approximate surface area is 124 Å². The molecule has 0 bridgehead atoms. The Morgan fingerprint density at radius 3 is 2.67 bits per heavy atom. The van der Waals surface area contributed by atoms with Gasteiger partial charge in [0.2, 0.25) is 0 Å². The minimum absolute atomic E-state index is 0.0863. The molecule has 124 valence electrons. The van der Waals surface area contributed by atoms with E-state index in [4.69, 9.17) is 10.5 Å². The van der Waals surface area contributed by atoms with E-state index in [1.807, 2.05) is 0 Å². The molecule has 2 fully saturated rings. The summed E-state index contributed by atoms with van der Waals surface area (Å²) in [7, 11) is 0. The van der Waals surface area contributed by atoms with Gasteiger partial charge in [0.1, 0.15) is 0 Å². The zero-order valence-electron chi connectivity index (χ0n) is 12.9.